The summed E-state index contributed by atoms with van der Waals surface area (Å²) in [5, 5.41) is 21.0. The fourth-order valence-corrected chi connectivity index (χ4v) is 3.27. The van der Waals surface area contributed by atoms with E-state index in [-0.39, 0.29) is 27.1 Å². The van der Waals surface area contributed by atoms with Gasteiger partial charge in [0.1, 0.15) is 11.1 Å². The van der Waals surface area contributed by atoms with Gasteiger partial charge >= 0.3 is 0 Å². The summed E-state index contributed by atoms with van der Waals surface area (Å²) in [7, 11) is -3.95. The Labute approximate surface area is 177 Å². The molecule has 30 heavy (non-hydrogen) atoms. The molecule has 0 radical (unpaired) electrons. The van der Waals surface area contributed by atoms with Gasteiger partial charge in [-0.25, -0.2) is 13.6 Å². The molecule has 1 atom stereocenters. The van der Waals surface area contributed by atoms with E-state index in [1.165, 1.54) is 36.4 Å². The quantitative estimate of drug-likeness (QED) is 0.429. The predicted octanol–water partition coefficient (Wildman–Crippen LogP) is 2.29. The molecule has 4 N–H and O–H groups in total. The van der Waals surface area contributed by atoms with Crippen LogP contribution in [-0.2, 0) is 14.8 Å². The Balaban J connectivity index is 2.22. The molecule has 160 valence electrons. The number of rotatable bonds is 7. The Morgan fingerprint density at radius 1 is 1.17 bits per heavy atom. The van der Waals surface area contributed by atoms with Crippen molar-refractivity contribution in [2.45, 2.75) is 24.8 Å². The summed E-state index contributed by atoms with van der Waals surface area (Å²) in [4.78, 5) is 35.3. The molecular weight excluding hydrogens is 436 g/mol. The van der Waals surface area contributed by atoms with E-state index in [2.05, 4.69) is 10.6 Å². The van der Waals surface area contributed by atoms with Gasteiger partial charge in [0.25, 0.3) is 11.6 Å². The van der Waals surface area contributed by atoms with Crippen LogP contribution in [0.3, 0.4) is 0 Å². The van der Waals surface area contributed by atoms with Crippen molar-refractivity contribution in [1.82, 2.24) is 5.32 Å². The number of carbonyl (C=O) groups is 2. The maximum atomic E-state index is 12.7. The average Bonchev–Trinajstić information content (AvgIpc) is 2.65. The highest BCUT2D eigenvalue weighted by Gasteiger charge is 2.26. The predicted molar refractivity (Wildman–Crippen MR) is 111 cm³/mol. The van der Waals surface area contributed by atoms with Crippen molar-refractivity contribution in [3.8, 4) is 0 Å². The number of primary sulfonamides is 1. The number of carbonyl (C=O) groups excluding carboxylic acids is 2. The lowest BCUT2D eigenvalue weighted by Crippen LogP contribution is -2.47. The fourth-order valence-electron chi connectivity index (χ4n) is 2.52. The van der Waals surface area contributed by atoms with Crippen LogP contribution in [-0.4, -0.2) is 31.2 Å². The minimum atomic E-state index is -3.95. The van der Waals surface area contributed by atoms with Crippen molar-refractivity contribution in [2.24, 2.45) is 11.1 Å². The molecule has 2 amide bonds. The molecule has 0 aliphatic rings. The minimum absolute atomic E-state index is 0.0410. The van der Waals surface area contributed by atoms with Gasteiger partial charge in [0.2, 0.25) is 15.9 Å². The summed E-state index contributed by atoms with van der Waals surface area (Å²) in [5.41, 5.74) is -0.302. The molecular formula is C18H19ClN4O6S. The Morgan fingerprint density at radius 3 is 2.40 bits per heavy atom. The summed E-state index contributed by atoms with van der Waals surface area (Å²) < 4.78 is 22.9. The third-order valence-electron chi connectivity index (χ3n) is 4.07. The van der Waals surface area contributed by atoms with Gasteiger partial charge in [-0.3, -0.25) is 19.7 Å². The monoisotopic (exact) mass is 454 g/mol. The zero-order valence-electron chi connectivity index (χ0n) is 16.0. The molecule has 0 saturated heterocycles. The van der Waals surface area contributed by atoms with Crippen LogP contribution in [0.4, 0.5) is 11.4 Å². The van der Waals surface area contributed by atoms with Crippen LogP contribution in [0.5, 0.6) is 0 Å². The zero-order chi connectivity index (χ0) is 22.6. The lowest BCUT2D eigenvalue weighted by Gasteiger charge is -2.22. The summed E-state index contributed by atoms with van der Waals surface area (Å²) in [6.45, 7) is 3.38. The van der Waals surface area contributed by atoms with Crippen LogP contribution < -0.4 is 15.8 Å². The molecule has 2 aromatic rings. The van der Waals surface area contributed by atoms with Crippen molar-refractivity contribution in [3.63, 3.8) is 0 Å². The Bertz CT molecular complexity index is 1100. The molecule has 0 fully saturated rings. The number of hydrogen-bond acceptors (Lipinski definition) is 6. The lowest BCUT2D eigenvalue weighted by molar-refractivity contribution is -0.384. The maximum absolute atomic E-state index is 12.7. The van der Waals surface area contributed by atoms with E-state index in [0.29, 0.717) is 0 Å². The minimum Gasteiger partial charge on any atom is -0.340 e. The van der Waals surface area contributed by atoms with E-state index in [0.717, 1.165) is 6.07 Å². The molecule has 0 bridgehead atoms. The molecule has 0 aromatic heterocycles. The number of nitrogens with two attached hydrogens (primary N) is 1. The SMILES string of the molecule is CC(C)C(NC(=O)c1ccc(Cl)c([N+](=O)[O-])c1)C(=O)Nc1cccc(S(N)(=O)=O)c1. The van der Waals surface area contributed by atoms with Crippen molar-refractivity contribution >= 4 is 44.8 Å². The second-order valence-electron chi connectivity index (χ2n) is 6.68. The summed E-state index contributed by atoms with van der Waals surface area (Å²) in [6.07, 6.45) is 0. The second-order valence-corrected chi connectivity index (χ2v) is 8.65. The molecule has 12 heteroatoms. The van der Waals surface area contributed by atoms with E-state index in [9.17, 15) is 28.1 Å². The molecule has 0 spiro atoms. The molecule has 2 rings (SSSR count). The Hall–Kier alpha value is -3.02. The van der Waals surface area contributed by atoms with Gasteiger partial charge in [-0.05, 0) is 36.2 Å². The number of nitrogens with one attached hydrogen (secondary N) is 2. The van der Waals surface area contributed by atoms with Crippen LogP contribution in [0.1, 0.15) is 24.2 Å². The highest BCUT2D eigenvalue weighted by atomic mass is 35.5. The smallest absolute Gasteiger partial charge is 0.288 e. The molecule has 0 aliphatic carbocycles. The Kier molecular flexibility index (Phi) is 7.13. The normalized spacial score (nSPS) is 12.3. The van der Waals surface area contributed by atoms with Gasteiger partial charge in [-0.15, -0.1) is 0 Å². The molecule has 1 unspecified atom stereocenters. The number of nitrogens with zero attached hydrogens (tertiary/aromatic N) is 1. The van der Waals surface area contributed by atoms with E-state index in [4.69, 9.17) is 16.7 Å². The standard InChI is InChI=1S/C18H19ClN4O6S/c1-10(2)16(18(25)21-12-4-3-5-13(9-12)30(20,28)29)22-17(24)11-6-7-14(19)15(8-11)23(26)27/h3-10,16H,1-2H3,(H,21,25)(H,22,24)(H2,20,28,29). The number of amides is 2. The maximum Gasteiger partial charge on any atom is 0.288 e. The van der Waals surface area contributed by atoms with Crippen molar-refractivity contribution in [1.29, 1.82) is 0 Å². The lowest BCUT2D eigenvalue weighted by atomic mass is 10.0. The molecule has 0 heterocycles. The van der Waals surface area contributed by atoms with Gasteiger partial charge in [0.05, 0.1) is 9.82 Å². The highest BCUT2D eigenvalue weighted by molar-refractivity contribution is 7.89. The van der Waals surface area contributed by atoms with Crippen LogP contribution in [0.25, 0.3) is 0 Å². The largest absolute Gasteiger partial charge is 0.340 e. The summed E-state index contributed by atoms with van der Waals surface area (Å²) in [6, 6.07) is 7.87. The average molecular weight is 455 g/mol. The van der Waals surface area contributed by atoms with Crippen molar-refractivity contribution in [3.05, 3.63) is 63.2 Å². The third-order valence-corrected chi connectivity index (χ3v) is 5.30. The van der Waals surface area contributed by atoms with Gasteiger partial charge in [0, 0.05) is 17.3 Å². The number of benzene rings is 2. The van der Waals surface area contributed by atoms with E-state index < -0.39 is 38.5 Å². The molecule has 10 nitrogen and oxygen atoms in total. The molecule has 2 aromatic carbocycles. The summed E-state index contributed by atoms with van der Waals surface area (Å²) >= 11 is 5.75. The molecule has 0 aliphatic heterocycles. The van der Waals surface area contributed by atoms with E-state index in [1.807, 2.05) is 0 Å². The van der Waals surface area contributed by atoms with E-state index >= 15 is 0 Å². The first-order valence-electron chi connectivity index (χ1n) is 8.58. The first-order valence-corrected chi connectivity index (χ1v) is 10.5. The van der Waals surface area contributed by atoms with Gasteiger partial charge in [-0.1, -0.05) is 31.5 Å². The number of sulfonamides is 1. The van der Waals surface area contributed by atoms with Gasteiger partial charge in [-0.2, -0.15) is 0 Å². The number of nitro groups is 1. The van der Waals surface area contributed by atoms with Gasteiger partial charge in [0.15, 0.2) is 0 Å². The first kappa shape index (κ1) is 23.3. The highest BCUT2D eigenvalue weighted by Crippen LogP contribution is 2.25. The fraction of sp³-hybridized carbons (Fsp3) is 0.222. The number of nitro benzene ring substituents is 1. The number of hydrogen-bond donors (Lipinski definition) is 3. The Morgan fingerprint density at radius 2 is 1.83 bits per heavy atom. The third kappa shape index (κ3) is 5.75. The van der Waals surface area contributed by atoms with Gasteiger partial charge < -0.3 is 10.6 Å². The first-order chi connectivity index (χ1) is 13.9. The summed E-state index contributed by atoms with van der Waals surface area (Å²) in [5.74, 6) is -1.66. The van der Waals surface area contributed by atoms with Crippen molar-refractivity contribution in [2.75, 3.05) is 5.32 Å². The zero-order valence-corrected chi connectivity index (χ0v) is 17.5. The second kappa shape index (κ2) is 9.20. The van der Waals surface area contributed by atoms with Crippen LogP contribution >= 0.6 is 11.6 Å². The molecule has 0 saturated carbocycles. The number of anilines is 1. The number of halogens is 1. The van der Waals surface area contributed by atoms with Crippen molar-refractivity contribution < 1.29 is 22.9 Å². The van der Waals surface area contributed by atoms with Crippen LogP contribution in [0.2, 0.25) is 5.02 Å². The topological polar surface area (TPSA) is 162 Å². The van der Waals surface area contributed by atoms with Crippen LogP contribution in [0.15, 0.2) is 47.4 Å². The van der Waals surface area contributed by atoms with Crippen LogP contribution in [0, 0.1) is 16.0 Å². The van der Waals surface area contributed by atoms with E-state index in [1.54, 1.807) is 13.8 Å².